The van der Waals surface area contributed by atoms with E-state index in [0.717, 1.165) is 12.1 Å². The van der Waals surface area contributed by atoms with Crippen LogP contribution in [0.2, 0.25) is 0 Å². The quantitative estimate of drug-likeness (QED) is 0.707. The molecule has 2 N–H and O–H groups in total. The molecule has 1 amide bonds. The number of nitrogens with one attached hydrogen (secondary N) is 2. The minimum absolute atomic E-state index is 0.0637. The van der Waals surface area contributed by atoms with E-state index in [0.29, 0.717) is 5.75 Å². The number of aromatic nitrogens is 2. The summed E-state index contributed by atoms with van der Waals surface area (Å²) < 4.78 is 31.8. The van der Waals surface area contributed by atoms with Crippen molar-refractivity contribution in [2.45, 2.75) is 0 Å². The van der Waals surface area contributed by atoms with Gasteiger partial charge in [0.1, 0.15) is 17.4 Å². The van der Waals surface area contributed by atoms with Crippen LogP contribution in [0.15, 0.2) is 60.7 Å². The van der Waals surface area contributed by atoms with Gasteiger partial charge in [-0.25, -0.2) is 8.78 Å². The number of rotatable bonds is 6. The zero-order valence-corrected chi connectivity index (χ0v) is 13.4. The second-order valence-corrected chi connectivity index (χ2v) is 5.20. The van der Waals surface area contributed by atoms with Gasteiger partial charge in [0, 0.05) is 6.07 Å². The second-order valence-electron chi connectivity index (χ2n) is 5.20. The number of anilines is 3. The van der Waals surface area contributed by atoms with E-state index in [-0.39, 0.29) is 23.9 Å². The van der Waals surface area contributed by atoms with Crippen LogP contribution in [0.5, 0.6) is 5.75 Å². The van der Waals surface area contributed by atoms with Gasteiger partial charge in [-0.05, 0) is 36.4 Å². The summed E-state index contributed by atoms with van der Waals surface area (Å²) in [6.45, 7) is -0.174. The monoisotopic (exact) mass is 356 g/mol. The molecule has 0 saturated heterocycles. The van der Waals surface area contributed by atoms with Crippen molar-refractivity contribution in [1.82, 2.24) is 10.2 Å². The molecule has 0 saturated carbocycles. The van der Waals surface area contributed by atoms with E-state index in [1.165, 1.54) is 18.2 Å². The number of halogens is 2. The molecular formula is C18H14F2N4O2. The van der Waals surface area contributed by atoms with Gasteiger partial charge in [0.05, 0.1) is 5.69 Å². The summed E-state index contributed by atoms with van der Waals surface area (Å²) in [5, 5.41) is 12.9. The van der Waals surface area contributed by atoms with E-state index >= 15 is 0 Å². The molecule has 0 aliphatic rings. The lowest BCUT2D eigenvalue weighted by molar-refractivity contribution is -0.118. The lowest BCUT2D eigenvalue weighted by atomic mass is 10.3. The topological polar surface area (TPSA) is 76.1 Å². The smallest absolute Gasteiger partial charge is 0.263 e. The van der Waals surface area contributed by atoms with Crippen molar-refractivity contribution in [3.8, 4) is 5.75 Å². The molecule has 26 heavy (non-hydrogen) atoms. The first-order chi connectivity index (χ1) is 12.6. The summed E-state index contributed by atoms with van der Waals surface area (Å²) in [5.41, 5.74) is 0.0637. The first kappa shape index (κ1) is 17.3. The summed E-state index contributed by atoms with van der Waals surface area (Å²) in [7, 11) is 0. The standard InChI is InChI=1S/C18H14F2N4O2/c19-12-6-7-15(14(20)10-12)21-16-8-9-17(24-23-16)22-18(25)11-26-13-4-2-1-3-5-13/h1-10H,11H2,(H,21,23)(H,22,24,25). The predicted molar refractivity (Wildman–Crippen MR) is 92.2 cm³/mol. The molecule has 1 aromatic heterocycles. The average Bonchev–Trinajstić information content (AvgIpc) is 2.65. The third kappa shape index (κ3) is 4.73. The second kappa shape index (κ2) is 8.02. The Morgan fingerprint density at radius 1 is 0.962 bits per heavy atom. The van der Waals surface area contributed by atoms with Gasteiger partial charge in [-0.3, -0.25) is 4.79 Å². The summed E-state index contributed by atoms with van der Waals surface area (Å²) in [6, 6.07) is 15.1. The highest BCUT2D eigenvalue weighted by molar-refractivity contribution is 5.90. The van der Waals surface area contributed by atoms with Crippen LogP contribution in [-0.4, -0.2) is 22.7 Å². The van der Waals surface area contributed by atoms with Crippen LogP contribution >= 0.6 is 0 Å². The van der Waals surface area contributed by atoms with Crippen LogP contribution in [0.4, 0.5) is 26.1 Å². The Bertz CT molecular complexity index is 889. The van der Waals surface area contributed by atoms with E-state index in [1.807, 2.05) is 6.07 Å². The number of ether oxygens (including phenoxy) is 1. The van der Waals surface area contributed by atoms with E-state index in [4.69, 9.17) is 4.74 Å². The molecule has 0 spiro atoms. The first-order valence-electron chi connectivity index (χ1n) is 7.64. The number of nitrogens with zero attached hydrogens (tertiary/aromatic N) is 2. The molecule has 3 rings (SSSR count). The molecule has 0 aliphatic heterocycles. The van der Waals surface area contributed by atoms with Crippen molar-refractivity contribution in [3.05, 3.63) is 72.3 Å². The van der Waals surface area contributed by atoms with E-state index < -0.39 is 17.5 Å². The Morgan fingerprint density at radius 2 is 1.69 bits per heavy atom. The Labute approximate surface area is 147 Å². The summed E-state index contributed by atoms with van der Waals surface area (Å²) >= 11 is 0. The number of carbonyl (C=O) groups excluding carboxylic acids is 1. The lowest BCUT2D eigenvalue weighted by Gasteiger charge is -2.08. The zero-order chi connectivity index (χ0) is 18.4. The molecule has 0 aliphatic carbocycles. The van der Waals surface area contributed by atoms with Crippen LogP contribution in [0, 0.1) is 11.6 Å². The summed E-state index contributed by atoms with van der Waals surface area (Å²) in [4.78, 5) is 11.8. The fourth-order valence-electron chi connectivity index (χ4n) is 2.04. The molecule has 0 fully saturated rings. The van der Waals surface area contributed by atoms with E-state index in [9.17, 15) is 13.6 Å². The molecule has 0 unspecified atom stereocenters. The molecular weight excluding hydrogens is 342 g/mol. The minimum atomic E-state index is -0.748. The largest absolute Gasteiger partial charge is 0.484 e. The zero-order valence-electron chi connectivity index (χ0n) is 13.4. The van der Waals surface area contributed by atoms with Crippen LogP contribution in [0.3, 0.4) is 0 Å². The van der Waals surface area contributed by atoms with Gasteiger partial charge < -0.3 is 15.4 Å². The Kier molecular flexibility index (Phi) is 5.33. The number of amides is 1. The molecule has 3 aromatic rings. The highest BCUT2D eigenvalue weighted by atomic mass is 19.1. The lowest BCUT2D eigenvalue weighted by Crippen LogP contribution is -2.21. The number of hydrogen-bond donors (Lipinski definition) is 2. The maximum absolute atomic E-state index is 13.6. The average molecular weight is 356 g/mol. The highest BCUT2D eigenvalue weighted by Crippen LogP contribution is 2.19. The van der Waals surface area contributed by atoms with Crippen molar-refractivity contribution in [3.63, 3.8) is 0 Å². The summed E-state index contributed by atoms with van der Waals surface area (Å²) in [5.74, 6) is -0.772. The normalized spacial score (nSPS) is 10.2. The minimum Gasteiger partial charge on any atom is -0.484 e. The molecule has 8 heteroatoms. The third-order valence-corrected chi connectivity index (χ3v) is 3.24. The Morgan fingerprint density at radius 3 is 2.38 bits per heavy atom. The Balaban J connectivity index is 1.54. The van der Waals surface area contributed by atoms with Crippen LogP contribution < -0.4 is 15.4 Å². The van der Waals surface area contributed by atoms with Crippen molar-refractivity contribution in [2.75, 3.05) is 17.2 Å². The molecule has 0 radical (unpaired) electrons. The van der Waals surface area contributed by atoms with Crippen LogP contribution in [0.25, 0.3) is 0 Å². The predicted octanol–water partition coefficient (Wildman–Crippen LogP) is 3.52. The van der Waals surface area contributed by atoms with Gasteiger partial charge in [0.25, 0.3) is 5.91 Å². The maximum Gasteiger partial charge on any atom is 0.263 e. The molecule has 132 valence electrons. The molecule has 6 nitrogen and oxygen atoms in total. The number of hydrogen-bond acceptors (Lipinski definition) is 5. The van der Waals surface area contributed by atoms with E-state index in [1.54, 1.807) is 24.3 Å². The Hall–Kier alpha value is -3.55. The number of carbonyl (C=O) groups is 1. The van der Waals surface area contributed by atoms with Crippen LogP contribution in [-0.2, 0) is 4.79 Å². The molecule has 0 bridgehead atoms. The fraction of sp³-hybridized carbons (Fsp3) is 0.0556. The van der Waals surface area contributed by atoms with Gasteiger partial charge in [0.2, 0.25) is 0 Å². The first-order valence-corrected chi connectivity index (χ1v) is 7.64. The van der Waals surface area contributed by atoms with Gasteiger partial charge in [-0.15, -0.1) is 10.2 Å². The van der Waals surface area contributed by atoms with Gasteiger partial charge in [0.15, 0.2) is 18.2 Å². The number of para-hydroxylation sites is 1. The van der Waals surface area contributed by atoms with Gasteiger partial charge in [-0.1, -0.05) is 18.2 Å². The molecule has 0 atom stereocenters. The molecule has 2 aromatic carbocycles. The SMILES string of the molecule is O=C(COc1ccccc1)Nc1ccc(Nc2ccc(F)cc2F)nn1. The van der Waals surface area contributed by atoms with Gasteiger partial charge >= 0.3 is 0 Å². The van der Waals surface area contributed by atoms with Crippen molar-refractivity contribution in [1.29, 1.82) is 0 Å². The fourth-order valence-corrected chi connectivity index (χ4v) is 2.04. The van der Waals surface area contributed by atoms with Crippen molar-refractivity contribution < 1.29 is 18.3 Å². The maximum atomic E-state index is 13.6. The molecule has 1 heterocycles. The van der Waals surface area contributed by atoms with Crippen LogP contribution in [0.1, 0.15) is 0 Å². The summed E-state index contributed by atoms with van der Waals surface area (Å²) in [6.07, 6.45) is 0. The highest BCUT2D eigenvalue weighted by Gasteiger charge is 2.07. The third-order valence-electron chi connectivity index (χ3n) is 3.24. The van der Waals surface area contributed by atoms with Gasteiger partial charge in [-0.2, -0.15) is 0 Å². The van der Waals surface area contributed by atoms with Crippen molar-refractivity contribution in [2.24, 2.45) is 0 Å². The number of benzene rings is 2. The van der Waals surface area contributed by atoms with E-state index in [2.05, 4.69) is 20.8 Å². The van der Waals surface area contributed by atoms with Crippen molar-refractivity contribution >= 4 is 23.2 Å².